The topological polar surface area (TPSA) is 14.2 Å². The van der Waals surface area contributed by atoms with Crippen molar-refractivity contribution in [3.8, 4) is 5.75 Å². The van der Waals surface area contributed by atoms with Crippen LogP contribution in [0.1, 0.15) is 11.1 Å². The van der Waals surface area contributed by atoms with E-state index in [1.54, 1.807) is 0 Å². The Labute approximate surface area is 155 Å². The maximum Gasteiger partial charge on any atom is 0.120 e. The lowest BCUT2D eigenvalue weighted by Gasteiger charge is -2.08. The van der Waals surface area contributed by atoms with Gasteiger partial charge in [0.2, 0.25) is 0 Å². The van der Waals surface area contributed by atoms with Crippen LogP contribution < -0.4 is 4.74 Å². The van der Waals surface area contributed by atoms with E-state index in [0.29, 0.717) is 6.61 Å². The average Bonchev–Trinajstić information content (AvgIpc) is 3.05. The van der Waals surface area contributed by atoms with Gasteiger partial charge in [0.15, 0.2) is 0 Å². The minimum atomic E-state index is 0.589. The number of halogens is 1. The highest BCUT2D eigenvalue weighted by Crippen LogP contribution is 2.24. The van der Waals surface area contributed by atoms with E-state index >= 15 is 0 Å². The van der Waals surface area contributed by atoms with Gasteiger partial charge in [-0.1, -0.05) is 58.4 Å². The number of nitrogens with zero attached hydrogens (tertiary/aromatic N) is 1. The lowest BCUT2D eigenvalue weighted by Crippen LogP contribution is -1.98. The van der Waals surface area contributed by atoms with Crippen molar-refractivity contribution in [3.05, 3.63) is 101 Å². The van der Waals surface area contributed by atoms with Crippen molar-refractivity contribution in [3.63, 3.8) is 0 Å². The zero-order valence-corrected chi connectivity index (χ0v) is 15.3. The third kappa shape index (κ3) is 3.77. The van der Waals surface area contributed by atoms with Gasteiger partial charge < -0.3 is 9.30 Å². The van der Waals surface area contributed by atoms with Gasteiger partial charge in [-0.3, -0.25) is 0 Å². The first-order valence-electron chi connectivity index (χ1n) is 8.28. The van der Waals surface area contributed by atoms with Crippen LogP contribution in [0.25, 0.3) is 10.9 Å². The third-order valence-corrected chi connectivity index (χ3v) is 4.79. The molecule has 2 nitrogen and oxygen atoms in total. The molecule has 0 aliphatic heterocycles. The lowest BCUT2D eigenvalue weighted by atomic mass is 10.2. The molecule has 0 bridgehead atoms. The summed E-state index contributed by atoms with van der Waals surface area (Å²) in [6.45, 7) is 1.45. The molecule has 4 rings (SSSR count). The van der Waals surface area contributed by atoms with Crippen molar-refractivity contribution >= 4 is 26.8 Å². The summed E-state index contributed by atoms with van der Waals surface area (Å²) in [6, 6.07) is 27.1. The molecule has 0 radical (unpaired) electrons. The number of ether oxygens (including phenoxy) is 1. The Hall–Kier alpha value is -2.52. The summed E-state index contributed by atoms with van der Waals surface area (Å²) < 4.78 is 9.30. The Balaban J connectivity index is 1.51. The fourth-order valence-electron chi connectivity index (χ4n) is 2.93. The summed E-state index contributed by atoms with van der Waals surface area (Å²) in [4.78, 5) is 0. The molecular weight excluding hydrogens is 374 g/mol. The summed E-state index contributed by atoms with van der Waals surface area (Å²) in [6.07, 6.45) is 2.13. The van der Waals surface area contributed by atoms with Crippen LogP contribution in [-0.2, 0) is 13.2 Å². The molecule has 0 saturated carbocycles. The van der Waals surface area contributed by atoms with Crippen molar-refractivity contribution in [1.29, 1.82) is 0 Å². The molecule has 0 fully saturated rings. The third-order valence-electron chi connectivity index (χ3n) is 4.26. The van der Waals surface area contributed by atoms with Gasteiger partial charge in [0.05, 0.1) is 0 Å². The van der Waals surface area contributed by atoms with Crippen molar-refractivity contribution in [1.82, 2.24) is 4.57 Å². The van der Waals surface area contributed by atoms with Gasteiger partial charge in [-0.15, -0.1) is 0 Å². The first-order chi connectivity index (χ1) is 12.3. The Bertz CT molecular complexity index is 974. The summed E-state index contributed by atoms with van der Waals surface area (Å²) in [5.74, 6) is 0.901. The van der Waals surface area contributed by atoms with Crippen molar-refractivity contribution < 1.29 is 4.74 Å². The Kier molecular flexibility index (Phi) is 4.57. The van der Waals surface area contributed by atoms with E-state index in [2.05, 4.69) is 81.3 Å². The average molecular weight is 392 g/mol. The van der Waals surface area contributed by atoms with Gasteiger partial charge in [-0.05, 0) is 47.5 Å². The predicted octanol–water partition coefficient (Wildman–Crippen LogP) is 6.03. The predicted molar refractivity (Wildman–Crippen MR) is 106 cm³/mol. The molecule has 1 heterocycles. The minimum Gasteiger partial charge on any atom is -0.489 e. The highest BCUT2D eigenvalue weighted by molar-refractivity contribution is 9.10. The molecule has 0 amide bonds. The second-order valence-electron chi connectivity index (χ2n) is 6.07. The molecule has 0 unspecified atom stereocenters. The number of hydrogen-bond donors (Lipinski definition) is 0. The molecule has 3 heteroatoms. The van der Waals surface area contributed by atoms with E-state index in [1.165, 1.54) is 22.0 Å². The molecule has 4 aromatic rings. The first kappa shape index (κ1) is 16.0. The Morgan fingerprint density at radius 3 is 2.40 bits per heavy atom. The molecule has 1 aromatic heterocycles. The molecule has 0 spiro atoms. The fraction of sp³-hybridized carbons (Fsp3) is 0.0909. The van der Waals surface area contributed by atoms with Crippen LogP contribution in [0.4, 0.5) is 0 Å². The summed E-state index contributed by atoms with van der Waals surface area (Å²) in [5.41, 5.74) is 3.68. The molecule has 3 aromatic carbocycles. The zero-order chi connectivity index (χ0) is 17.1. The quantitative estimate of drug-likeness (QED) is 0.404. The molecule has 124 valence electrons. The van der Waals surface area contributed by atoms with E-state index in [4.69, 9.17) is 4.74 Å². The smallest absolute Gasteiger partial charge is 0.120 e. The first-order valence-corrected chi connectivity index (χ1v) is 9.07. The molecular formula is C22H18BrNO. The molecule has 0 N–H and O–H groups in total. The number of benzene rings is 3. The SMILES string of the molecule is Brc1ccc(Cn2ccc3cc(OCc4ccccc4)ccc32)cc1. The second-order valence-corrected chi connectivity index (χ2v) is 6.98. The standard InChI is InChI=1S/C22H18BrNO/c23-20-8-6-17(7-9-20)15-24-13-12-19-14-21(10-11-22(19)24)25-16-18-4-2-1-3-5-18/h1-14H,15-16H2. The van der Waals surface area contributed by atoms with Crippen molar-refractivity contribution in [2.45, 2.75) is 13.2 Å². The normalized spacial score (nSPS) is 10.9. The lowest BCUT2D eigenvalue weighted by molar-refractivity contribution is 0.306. The highest BCUT2D eigenvalue weighted by atomic mass is 79.9. The summed E-state index contributed by atoms with van der Waals surface area (Å²) in [5, 5.41) is 1.20. The van der Waals surface area contributed by atoms with Crippen LogP contribution in [0, 0.1) is 0 Å². The van der Waals surface area contributed by atoms with Crippen LogP contribution in [0.2, 0.25) is 0 Å². The number of hydrogen-bond acceptors (Lipinski definition) is 1. The van der Waals surface area contributed by atoms with Gasteiger partial charge >= 0.3 is 0 Å². The number of aromatic nitrogens is 1. The van der Waals surface area contributed by atoms with Crippen LogP contribution in [0.15, 0.2) is 89.5 Å². The minimum absolute atomic E-state index is 0.589. The van der Waals surface area contributed by atoms with Crippen LogP contribution >= 0.6 is 15.9 Å². The second kappa shape index (κ2) is 7.16. The molecule has 0 aliphatic carbocycles. The van der Waals surface area contributed by atoms with Crippen molar-refractivity contribution in [2.24, 2.45) is 0 Å². The Morgan fingerprint density at radius 2 is 1.60 bits per heavy atom. The monoisotopic (exact) mass is 391 g/mol. The zero-order valence-electron chi connectivity index (χ0n) is 13.7. The van der Waals surface area contributed by atoms with E-state index in [1.807, 2.05) is 24.3 Å². The largest absolute Gasteiger partial charge is 0.489 e. The highest BCUT2D eigenvalue weighted by Gasteiger charge is 2.04. The Morgan fingerprint density at radius 1 is 0.800 bits per heavy atom. The van der Waals surface area contributed by atoms with Gasteiger partial charge in [-0.2, -0.15) is 0 Å². The van der Waals surface area contributed by atoms with E-state index in [0.717, 1.165) is 16.8 Å². The van der Waals surface area contributed by atoms with E-state index < -0.39 is 0 Å². The molecule has 0 saturated heterocycles. The van der Waals surface area contributed by atoms with Crippen LogP contribution in [0.3, 0.4) is 0 Å². The number of rotatable bonds is 5. The maximum absolute atomic E-state index is 5.93. The maximum atomic E-state index is 5.93. The van der Waals surface area contributed by atoms with Crippen molar-refractivity contribution in [2.75, 3.05) is 0 Å². The number of fused-ring (bicyclic) bond motifs is 1. The van der Waals surface area contributed by atoms with Gasteiger partial charge in [0, 0.05) is 28.1 Å². The van der Waals surface area contributed by atoms with E-state index in [9.17, 15) is 0 Å². The van der Waals surface area contributed by atoms with Crippen LogP contribution in [0.5, 0.6) is 5.75 Å². The van der Waals surface area contributed by atoms with Gasteiger partial charge in [0.25, 0.3) is 0 Å². The molecule has 0 atom stereocenters. The molecule has 25 heavy (non-hydrogen) atoms. The summed E-state index contributed by atoms with van der Waals surface area (Å²) in [7, 11) is 0. The van der Waals surface area contributed by atoms with Gasteiger partial charge in [-0.25, -0.2) is 0 Å². The molecule has 0 aliphatic rings. The van der Waals surface area contributed by atoms with E-state index in [-0.39, 0.29) is 0 Å². The van der Waals surface area contributed by atoms with Crippen LogP contribution in [-0.4, -0.2) is 4.57 Å². The fourth-order valence-corrected chi connectivity index (χ4v) is 3.20. The van der Waals surface area contributed by atoms with Gasteiger partial charge in [0.1, 0.15) is 12.4 Å². The summed E-state index contributed by atoms with van der Waals surface area (Å²) >= 11 is 3.48.